The van der Waals surface area contributed by atoms with Crippen molar-refractivity contribution in [1.82, 2.24) is 0 Å². The van der Waals surface area contributed by atoms with Crippen LogP contribution in [-0.2, 0) is 14.3 Å². The van der Waals surface area contributed by atoms with Crippen LogP contribution in [0.5, 0.6) is 0 Å². The lowest BCUT2D eigenvalue weighted by molar-refractivity contribution is -0.168. The van der Waals surface area contributed by atoms with Gasteiger partial charge in [0.25, 0.3) is 0 Å². The van der Waals surface area contributed by atoms with Crippen molar-refractivity contribution in [3.8, 4) is 0 Å². The van der Waals surface area contributed by atoms with Crippen molar-refractivity contribution in [3.63, 3.8) is 0 Å². The lowest BCUT2D eigenvalue weighted by atomic mass is 10.1. The predicted molar refractivity (Wildman–Crippen MR) is 32.8 cm³/mol. The molecule has 12 heavy (non-hydrogen) atoms. The minimum absolute atomic E-state index is 0.823. The van der Waals surface area contributed by atoms with Crippen molar-refractivity contribution in [3.05, 3.63) is 0 Å². The van der Waals surface area contributed by atoms with Crippen LogP contribution in [0.1, 0.15) is 0 Å². The summed E-state index contributed by atoms with van der Waals surface area (Å²) >= 11 is 0. The highest BCUT2D eigenvalue weighted by Crippen LogP contribution is 2.30. The van der Waals surface area contributed by atoms with Gasteiger partial charge >= 0.3 is 5.97 Å². The van der Waals surface area contributed by atoms with Crippen LogP contribution in [0.25, 0.3) is 0 Å². The maximum atomic E-state index is 10.7. The van der Waals surface area contributed by atoms with Crippen LogP contribution < -0.4 is 0 Å². The Labute approximate surface area is 67.3 Å². The van der Waals surface area contributed by atoms with E-state index in [-0.39, 0.29) is 0 Å². The van der Waals surface area contributed by atoms with E-state index in [9.17, 15) is 4.79 Å². The average Bonchev–Trinajstić information content (AvgIpc) is 2.43. The second kappa shape index (κ2) is 2.40. The van der Waals surface area contributed by atoms with Crippen molar-refractivity contribution < 1.29 is 29.6 Å². The number of rotatable bonds is 0. The van der Waals surface area contributed by atoms with Crippen LogP contribution in [0.15, 0.2) is 0 Å². The number of carbonyl (C=O) groups excluding carboxylic acids is 1. The summed E-state index contributed by atoms with van der Waals surface area (Å²) in [5.74, 6) is -0.823. The number of esters is 1. The molecule has 6 heteroatoms. The van der Waals surface area contributed by atoms with Crippen LogP contribution >= 0.6 is 0 Å². The van der Waals surface area contributed by atoms with Crippen molar-refractivity contribution in [1.29, 1.82) is 0 Å². The predicted octanol–water partition coefficient (Wildman–Crippen LogP) is -2.65. The molecular formula is C6H8O6. The Bertz CT molecular complexity index is 216. The van der Waals surface area contributed by atoms with Gasteiger partial charge in [-0.2, -0.15) is 0 Å². The fourth-order valence-electron chi connectivity index (χ4n) is 1.40. The van der Waals surface area contributed by atoms with Crippen LogP contribution in [0, 0.1) is 0 Å². The quantitative estimate of drug-likeness (QED) is 0.349. The van der Waals surface area contributed by atoms with Gasteiger partial charge in [0, 0.05) is 0 Å². The monoisotopic (exact) mass is 176 g/mol. The van der Waals surface area contributed by atoms with Gasteiger partial charge in [-0.15, -0.1) is 0 Å². The molecule has 0 aromatic rings. The van der Waals surface area contributed by atoms with Gasteiger partial charge in [-0.3, -0.25) is 0 Å². The SMILES string of the molecule is O=C1OC2C(OC(O)[C@@H]2O)[C@H]1O. The summed E-state index contributed by atoms with van der Waals surface area (Å²) in [6, 6.07) is 0. The zero-order chi connectivity index (χ0) is 8.88. The first-order chi connectivity index (χ1) is 5.61. The minimum atomic E-state index is -1.40. The zero-order valence-corrected chi connectivity index (χ0v) is 5.95. The van der Waals surface area contributed by atoms with Gasteiger partial charge in [-0.1, -0.05) is 0 Å². The highest BCUT2D eigenvalue weighted by Gasteiger charge is 2.56. The van der Waals surface area contributed by atoms with Crippen LogP contribution in [0.4, 0.5) is 0 Å². The van der Waals surface area contributed by atoms with E-state index in [2.05, 4.69) is 9.47 Å². The Morgan fingerprint density at radius 1 is 1.17 bits per heavy atom. The number of aliphatic hydroxyl groups excluding tert-OH is 3. The Morgan fingerprint density at radius 3 is 2.42 bits per heavy atom. The van der Waals surface area contributed by atoms with Crippen LogP contribution in [0.3, 0.4) is 0 Å². The lowest BCUT2D eigenvalue weighted by Gasteiger charge is -2.10. The molecule has 6 nitrogen and oxygen atoms in total. The Morgan fingerprint density at radius 2 is 1.83 bits per heavy atom. The molecule has 68 valence electrons. The number of aliphatic hydroxyl groups is 3. The molecule has 2 aliphatic rings. The van der Waals surface area contributed by atoms with Crippen molar-refractivity contribution in [2.45, 2.75) is 30.7 Å². The molecule has 0 bridgehead atoms. The minimum Gasteiger partial charge on any atom is -0.454 e. The van der Waals surface area contributed by atoms with Crippen molar-refractivity contribution in [2.24, 2.45) is 0 Å². The average molecular weight is 176 g/mol. The third kappa shape index (κ3) is 0.862. The highest BCUT2D eigenvalue weighted by atomic mass is 16.7. The molecule has 2 fully saturated rings. The van der Waals surface area contributed by atoms with E-state index in [1.165, 1.54) is 0 Å². The van der Waals surface area contributed by atoms with Crippen LogP contribution in [-0.4, -0.2) is 52.0 Å². The number of hydrogen-bond acceptors (Lipinski definition) is 6. The van der Waals surface area contributed by atoms with Crippen LogP contribution in [0.2, 0.25) is 0 Å². The number of fused-ring (bicyclic) bond motifs is 1. The molecule has 3 N–H and O–H groups in total. The molecule has 0 aromatic carbocycles. The molecule has 0 spiro atoms. The molecule has 2 rings (SSSR count). The van der Waals surface area contributed by atoms with Gasteiger partial charge in [0.05, 0.1) is 0 Å². The van der Waals surface area contributed by atoms with Gasteiger partial charge in [-0.05, 0) is 0 Å². The Kier molecular flexibility index (Phi) is 1.58. The van der Waals surface area contributed by atoms with E-state index < -0.39 is 36.7 Å². The normalized spacial score (nSPS) is 52.2. The molecule has 0 amide bonds. The number of carbonyl (C=O) groups is 1. The summed E-state index contributed by atoms with van der Waals surface area (Å²) < 4.78 is 9.25. The Hall–Kier alpha value is -0.690. The third-order valence-electron chi connectivity index (χ3n) is 2.05. The summed E-state index contributed by atoms with van der Waals surface area (Å²) in [7, 11) is 0. The standard InChI is InChI=1S/C6H8O6/c7-1-3-4(12-5(1)9)2(8)6(10)11-3/h1-5,7-9H/t1-,2-,3?,4?,5?/m1/s1. The topological polar surface area (TPSA) is 96.2 Å². The van der Waals surface area contributed by atoms with Gasteiger partial charge < -0.3 is 24.8 Å². The van der Waals surface area contributed by atoms with Crippen molar-refractivity contribution >= 4 is 5.97 Å². The largest absolute Gasteiger partial charge is 0.454 e. The molecule has 5 atom stereocenters. The molecule has 0 radical (unpaired) electrons. The maximum Gasteiger partial charge on any atom is 0.338 e. The molecule has 3 unspecified atom stereocenters. The molecule has 2 heterocycles. The molecular weight excluding hydrogens is 168 g/mol. The zero-order valence-electron chi connectivity index (χ0n) is 5.95. The number of ether oxygens (including phenoxy) is 2. The Balaban J connectivity index is 2.19. The van der Waals surface area contributed by atoms with E-state index in [0.29, 0.717) is 0 Å². The number of hydrogen-bond donors (Lipinski definition) is 3. The smallest absolute Gasteiger partial charge is 0.338 e. The van der Waals surface area contributed by atoms with Gasteiger partial charge in [0.2, 0.25) is 0 Å². The highest BCUT2D eigenvalue weighted by molar-refractivity contribution is 5.78. The summed E-state index contributed by atoms with van der Waals surface area (Å²) in [6.45, 7) is 0. The second-order valence-electron chi connectivity index (χ2n) is 2.83. The summed E-state index contributed by atoms with van der Waals surface area (Å²) in [5, 5.41) is 27.2. The summed E-state index contributed by atoms with van der Waals surface area (Å²) in [6.07, 6.45) is -5.94. The van der Waals surface area contributed by atoms with E-state index in [1.807, 2.05) is 0 Å². The first-order valence-corrected chi connectivity index (χ1v) is 3.51. The molecule has 2 aliphatic heterocycles. The molecule has 0 aliphatic carbocycles. The lowest BCUT2D eigenvalue weighted by Crippen LogP contribution is -2.32. The van der Waals surface area contributed by atoms with Gasteiger partial charge in [0.1, 0.15) is 12.2 Å². The van der Waals surface area contributed by atoms with Crippen molar-refractivity contribution in [2.75, 3.05) is 0 Å². The first-order valence-electron chi connectivity index (χ1n) is 3.51. The van der Waals surface area contributed by atoms with Gasteiger partial charge in [0.15, 0.2) is 18.5 Å². The van der Waals surface area contributed by atoms with E-state index >= 15 is 0 Å². The second-order valence-corrected chi connectivity index (χ2v) is 2.83. The van der Waals surface area contributed by atoms with E-state index in [1.54, 1.807) is 0 Å². The fraction of sp³-hybridized carbons (Fsp3) is 0.833. The fourth-order valence-corrected chi connectivity index (χ4v) is 1.40. The molecule has 0 aromatic heterocycles. The summed E-state index contributed by atoms with van der Waals surface area (Å²) in [4.78, 5) is 10.7. The molecule has 0 saturated carbocycles. The summed E-state index contributed by atoms with van der Waals surface area (Å²) in [5.41, 5.74) is 0. The van der Waals surface area contributed by atoms with E-state index in [4.69, 9.17) is 15.3 Å². The third-order valence-corrected chi connectivity index (χ3v) is 2.05. The first kappa shape index (κ1) is 7.93. The molecule has 2 saturated heterocycles. The maximum absolute atomic E-state index is 10.7. The van der Waals surface area contributed by atoms with E-state index in [0.717, 1.165) is 0 Å². The van der Waals surface area contributed by atoms with Gasteiger partial charge in [-0.25, -0.2) is 4.79 Å².